The summed E-state index contributed by atoms with van der Waals surface area (Å²) >= 11 is 1.49. The summed E-state index contributed by atoms with van der Waals surface area (Å²) in [6.07, 6.45) is 0.0906. The molecule has 0 radical (unpaired) electrons. The predicted octanol–water partition coefficient (Wildman–Crippen LogP) is 2.33. The van der Waals surface area contributed by atoms with Crippen LogP contribution in [0.4, 0.5) is 0 Å². The SMILES string of the molecule is COc1cccc(S(=O)(=O)NCCc2ccc([C@H](C)O)s2)c1. The summed E-state index contributed by atoms with van der Waals surface area (Å²) in [6.45, 7) is 2.01. The third-order valence-electron chi connectivity index (χ3n) is 3.11. The highest BCUT2D eigenvalue weighted by molar-refractivity contribution is 7.89. The van der Waals surface area contributed by atoms with E-state index in [9.17, 15) is 13.5 Å². The van der Waals surface area contributed by atoms with Crippen molar-refractivity contribution in [2.24, 2.45) is 0 Å². The van der Waals surface area contributed by atoms with Crippen LogP contribution in [0.15, 0.2) is 41.3 Å². The maximum absolute atomic E-state index is 12.2. The summed E-state index contributed by atoms with van der Waals surface area (Å²) in [6, 6.07) is 10.1. The molecular weight excluding hydrogens is 322 g/mol. The fourth-order valence-electron chi connectivity index (χ4n) is 1.91. The molecule has 1 aromatic heterocycles. The van der Waals surface area contributed by atoms with Crippen molar-refractivity contribution in [1.82, 2.24) is 4.72 Å². The Morgan fingerprint density at radius 2 is 2.09 bits per heavy atom. The highest BCUT2D eigenvalue weighted by Crippen LogP contribution is 2.23. The molecule has 1 heterocycles. The molecule has 0 saturated heterocycles. The van der Waals surface area contributed by atoms with Crippen LogP contribution in [-0.4, -0.2) is 27.2 Å². The molecule has 0 aliphatic rings. The van der Waals surface area contributed by atoms with Crippen LogP contribution >= 0.6 is 11.3 Å². The second kappa shape index (κ2) is 7.23. The average Bonchev–Trinajstić information content (AvgIpc) is 2.96. The number of benzene rings is 1. The zero-order chi connectivity index (χ0) is 16.2. The van der Waals surface area contributed by atoms with Crippen LogP contribution in [0, 0.1) is 0 Å². The minimum atomic E-state index is -3.55. The average molecular weight is 341 g/mol. The Morgan fingerprint density at radius 3 is 2.73 bits per heavy atom. The van der Waals surface area contributed by atoms with E-state index in [2.05, 4.69) is 4.72 Å². The van der Waals surface area contributed by atoms with Gasteiger partial charge in [0.05, 0.1) is 18.1 Å². The molecular formula is C15H19NO4S2. The fourth-order valence-corrected chi connectivity index (χ4v) is 3.93. The quantitative estimate of drug-likeness (QED) is 0.810. The van der Waals surface area contributed by atoms with Crippen LogP contribution in [0.25, 0.3) is 0 Å². The lowest BCUT2D eigenvalue weighted by Gasteiger charge is -2.07. The molecule has 0 fully saturated rings. The van der Waals surface area contributed by atoms with Gasteiger partial charge in [0.15, 0.2) is 0 Å². The number of aliphatic hydroxyl groups excluding tert-OH is 1. The van der Waals surface area contributed by atoms with Gasteiger partial charge in [0.2, 0.25) is 10.0 Å². The summed E-state index contributed by atoms with van der Waals surface area (Å²) in [5.41, 5.74) is 0. The predicted molar refractivity (Wildman–Crippen MR) is 86.8 cm³/mol. The molecule has 1 aromatic carbocycles. The number of nitrogens with one attached hydrogen (secondary N) is 1. The van der Waals surface area contributed by atoms with E-state index in [1.165, 1.54) is 30.6 Å². The molecule has 0 bridgehead atoms. The highest BCUT2D eigenvalue weighted by atomic mass is 32.2. The lowest BCUT2D eigenvalue weighted by Crippen LogP contribution is -2.25. The topological polar surface area (TPSA) is 75.6 Å². The van der Waals surface area contributed by atoms with Crippen molar-refractivity contribution in [3.05, 3.63) is 46.2 Å². The van der Waals surface area contributed by atoms with E-state index >= 15 is 0 Å². The van der Waals surface area contributed by atoms with Gasteiger partial charge in [-0.2, -0.15) is 0 Å². The number of sulfonamides is 1. The number of aliphatic hydroxyl groups is 1. The van der Waals surface area contributed by atoms with Crippen LogP contribution in [0.2, 0.25) is 0 Å². The summed E-state index contributed by atoms with van der Waals surface area (Å²) < 4.78 is 32.0. The zero-order valence-electron chi connectivity index (χ0n) is 12.4. The first-order valence-electron chi connectivity index (χ1n) is 6.83. The van der Waals surface area contributed by atoms with E-state index in [1.54, 1.807) is 19.1 Å². The van der Waals surface area contributed by atoms with E-state index in [0.717, 1.165) is 9.75 Å². The van der Waals surface area contributed by atoms with Crippen molar-refractivity contribution in [3.63, 3.8) is 0 Å². The van der Waals surface area contributed by atoms with Gasteiger partial charge in [-0.1, -0.05) is 6.07 Å². The smallest absolute Gasteiger partial charge is 0.240 e. The molecule has 2 aromatic rings. The van der Waals surface area contributed by atoms with Gasteiger partial charge in [-0.25, -0.2) is 13.1 Å². The minimum Gasteiger partial charge on any atom is -0.497 e. The van der Waals surface area contributed by atoms with E-state index in [4.69, 9.17) is 4.74 Å². The van der Waals surface area contributed by atoms with Gasteiger partial charge in [0.25, 0.3) is 0 Å². The molecule has 0 unspecified atom stereocenters. The number of ether oxygens (including phenoxy) is 1. The molecule has 0 aliphatic heterocycles. The summed E-state index contributed by atoms with van der Waals surface area (Å²) in [5.74, 6) is 0.503. The Kier molecular flexibility index (Phi) is 5.57. The molecule has 2 N–H and O–H groups in total. The normalized spacial score (nSPS) is 13.0. The van der Waals surface area contributed by atoms with Crippen LogP contribution < -0.4 is 9.46 Å². The number of thiophene rings is 1. The van der Waals surface area contributed by atoms with Crippen LogP contribution in [0.3, 0.4) is 0 Å². The molecule has 2 rings (SSSR count). The lowest BCUT2D eigenvalue weighted by atomic mass is 10.3. The van der Waals surface area contributed by atoms with Crippen LogP contribution in [0.5, 0.6) is 5.75 Å². The number of methoxy groups -OCH3 is 1. The lowest BCUT2D eigenvalue weighted by molar-refractivity contribution is 0.203. The van der Waals surface area contributed by atoms with Crippen molar-refractivity contribution in [2.45, 2.75) is 24.3 Å². The molecule has 7 heteroatoms. The first-order valence-corrected chi connectivity index (χ1v) is 9.13. The van der Waals surface area contributed by atoms with Gasteiger partial charge >= 0.3 is 0 Å². The largest absolute Gasteiger partial charge is 0.497 e. The monoisotopic (exact) mass is 341 g/mol. The first kappa shape index (κ1) is 17.0. The Labute approximate surface area is 134 Å². The number of hydrogen-bond acceptors (Lipinski definition) is 5. The minimum absolute atomic E-state index is 0.183. The van der Waals surface area contributed by atoms with E-state index in [0.29, 0.717) is 18.7 Å². The zero-order valence-corrected chi connectivity index (χ0v) is 14.1. The van der Waals surface area contributed by atoms with Gasteiger partial charge in [0, 0.05) is 22.4 Å². The van der Waals surface area contributed by atoms with Gasteiger partial charge < -0.3 is 9.84 Å². The van der Waals surface area contributed by atoms with E-state index < -0.39 is 16.1 Å². The second-order valence-electron chi connectivity index (χ2n) is 4.81. The molecule has 5 nitrogen and oxygen atoms in total. The van der Waals surface area contributed by atoms with Gasteiger partial charge in [-0.3, -0.25) is 0 Å². The molecule has 0 spiro atoms. The van der Waals surface area contributed by atoms with Crippen molar-refractivity contribution >= 4 is 21.4 Å². The summed E-state index contributed by atoms with van der Waals surface area (Å²) in [4.78, 5) is 2.09. The Bertz CT molecular complexity index is 723. The van der Waals surface area contributed by atoms with E-state index in [-0.39, 0.29) is 4.90 Å². The number of hydrogen-bond donors (Lipinski definition) is 2. The Balaban J connectivity index is 1.97. The van der Waals surface area contributed by atoms with Crippen LogP contribution in [-0.2, 0) is 16.4 Å². The molecule has 22 heavy (non-hydrogen) atoms. The Morgan fingerprint density at radius 1 is 1.32 bits per heavy atom. The molecule has 0 aliphatic carbocycles. The van der Waals surface area contributed by atoms with Crippen LogP contribution in [0.1, 0.15) is 22.8 Å². The van der Waals surface area contributed by atoms with Gasteiger partial charge in [0.1, 0.15) is 5.75 Å². The van der Waals surface area contributed by atoms with Crippen molar-refractivity contribution in [3.8, 4) is 5.75 Å². The first-order chi connectivity index (χ1) is 10.4. The maximum atomic E-state index is 12.2. The maximum Gasteiger partial charge on any atom is 0.240 e. The van der Waals surface area contributed by atoms with Crippen molar-refractivity contribution < 1.29 is 18.3 Å². The standard InChI is InChI=1S/C15H19NO4S2/c1-11(17)15-7-6-13(21-15)8-9-16-22(18,19)14-5-3-4-12(10-14)20-2/h3-7,10-11,16-17H,8-9H2,1-2H3/t11-/m0/s1. The summed E-state index contributed by atoms with van der Waals surface area (Å²) in [5, 5.41) is 9.48. The molecule has 120 valence electrons. The Hall–Kier alpha value is -1.41. The summed E-state index contributed by atoms with van der Waals surface area (Å²) in [7, 11) is -2.05. The molecule has 0 saturated carbocycles. The van der Waals surface area contributed by atoms with Crippen molar-refractivity contribution in [1.29, 1.82) is 0 Å². The third kappa shape index (κ3) is 4.30. The fraction of sp³-hybridized carbons (Fsp3) is 0.333. The third-order valence-corrected chi connectivity index (χ3v) is 5.88. The van der Waals surface area contributed by atoms with Crippen molar-refractivity contribution in [2.75, 3.05) is 13.7 Å². The number of rotatable bonds is 7. The molecule has 1 atom stereocenters. The highest BCUT2D eigenvalue weighted by Gasteiger charge is 2.14. The second-order valence-corrected chi connectivity index (χ2v) is 7.77. The van der Waals surface area contributed by atoms with E-state index in [1.807, 2.05) is 12.1 Å². The van der Waals surface area contributed by atoms with Gasteiger partial charge in [-0.05, 0) is 37.6 Å². The molecule has 0 amide bonds. The van der Waals surface area contributed by atoms with Gasteiger partial charge in [-0.15, -0.1) is 11.3 Å².